The molecule has 5 heteroatoms. The highest BCUT2D eigenvalue weighted by Gasteiger charge is 2.17. The molecular weight excluding hydrogens is 374 g/mol. The van der Waals surface area contributed by atoms with E-state index >= 15 is 0 Å². The van der Waals surface area contributed by atoms with Gasteiger partial charge in [-0.05, 0) is 53.6 Å². The van der Waals surface area contributed by atoms with Gasteiger partial charge in [0.1, 0.15) is 0 Å². The van der Waals surface area contributed by atoms with Crippen molar-refractivity contribution >= 4 is 17.5 Å². The maximum atomic E-state index is 12.4. The van der Waals surface area contributed by atoms with Crippen molar-refractivity contribution in [1.29, 1.82) is 0 Å². The second-order valence-corrected chi connectivity index (χ2v) is 8.40. The zero-order valence-electron chi connectivity index (χ0n) is 19.0. The van der Waals surface area contributed by atoms with Crippen molar-refractivity contribution in [1.82, 2.24) is 10.2 Å². The number of hydrogen-bond donors (Lipinski definition) is 2. The van der Waals surface area contributed by atoms with Gasteiger partial charge in [0.2, 0.25) is 5.91 Å². The van der Waals surface area contributed by atoms with Gasteiger partial charge in [0, 0.05) is 31.4 Å². The van der Waals surface area contributed by atoms with Crippen LogP contribution in [-0.4, -0.2) is 37.4 Å². The molecule has 2 aromatic rings. The Bertz CT molecular complexity index is 826. The van der Waals surface area contributed by atoms with Gasteiger partial charge in [-0.15, -0.1) is 0 Å². The highest BCUT2D eigenvalue weighted by Crippen LogP contribution is 2.25. The lowest BCUT2D eigenvalue weighted by molar-refractivity contribution is -0.115. The molecule has 2 rings (SSSR count). The second kappa shape index (κ2) is 10.9. The lowest BCUT2D eigenvalue weighted by atomic mass is 9.92. The van der Waals surface area contributed by atoms with E-state index in [1.807, 2.05) is 0 Å². The standard InChI is InChI=1S/C25H35N3O2/c1-7-18(4)19-8-10-20(11-9-19)24(17(2)3)26-16-23(29)27-22-14-12-21(13-15-22)25(30)28(5)6/h8-15,17-18,24,26H,7,16H2,1-6H3,(H,27,29)/t18-,24+/m1/s1. The Hall–Kier alpha value is -2.66. The molecule has 2 aromatic carbocycles. The first-order chi connectivity index (χ1) is 14.2. The normalized spacial score (nSPS) is 13.0. The SMILES string of the molecule is CC[C@@H](C)c1ccc([C@@H](NCC(=O)Nc2ccc(C(=O)N(C)C)cc2)C(C)C)cc1. The van der Waals surface area contributed by atoms with Crippen LogP contribution < -0.4 is 10.6 Å². The van der Waals surface area contributed by atoms with Crippen LogP contribution >= 0.6 is 0 Å². The Morgan fingerprint density at radius 1 is 0.900 bits per heavy atom. The van der Waals surface area contributed by atoms with Gasteiger partial charge in [0.05, 0.1) is 6.54 Å². The Labute approximate surface area is 180 Å². The Kier molecular flexibility index (Phi) is 8.60. The summed E-state index contributed by atoms with van der Waals surface area (Å²) in [6, 6.07) is 15.8. The number of carbonyl (C=O) groups is 2. The predicted octanol–water partition coefficient (Wildman–Crippen LogP) is 4.83. The fourth-order valence-corrected chi connectivity index (χ4v) is 3.37. The van der Waals surface area contributed by atoms with Crippen molar-refractivity contribution in [2.75, 3.05) is 26.0 Å². The van der Waals surface area contributed by atoms with Crippen LogP contribution in [0.2, 0.25) is 0 Å². The van der Waals surface area contributed by atoms with Crippen LogP contribution in [0.5, 0.6) is 0 Å². The van der Waals surface area contributed by atoms with Crippen molar-refractivity contribution in [3.8, 4) is 0 Å². The molecule has 0 aromatic heterocycles. The molecule has 0 heterocycles. The van der Waals surface area contributed by atoms with Crippen LogP contribution in [-0.2, 0) is 4.79 Å². The van der Waals surface area contributed by atoms with Crippen LogP contribution in [0.4, 0.5) is 5.69 Å². The van der Waals surface area contributed by atoms with Gasteiger partial charge < -0.3 is 15.5 Å². The second-order valence-electron chi connectivity index (χ2n) is 8.40. The van der Waals surface area contributed by atoms with Crippen molar-refractivity contribution in [2.24, 2.45) is 5.92 Å². The maximum absolute atomic E-state index is 12.4. The number of rotatable bonds is 9. The minimum Gasteiger partial charge on any atom is -0.345 e. The predicted molar refractivity (Wildman–Crippen MR) is 124 cm³/mol. The van der Waals surface area contributed by atoms with Gasteiger partial charge in [0.25, 0.3) is 5.91 Å². The summed E-state index contributed by atoms with van der Waals surface area (Å²) in [6.07, 6.45) is 1.12. The molecule has 30 heavy (non-hydrogen) atoms. The van der Waals surface area contributed by atoms with Gasteiger partial charge in [-0.1, -0.05) is 52.0 Å². The number of benzene rings is 2. The first-order valence-electron chi connectivity index (χ1n) is 10.7. The van der Waals surface area contributed by atoms with E-state index in [1.165, 1.54) is 16.0 Å². The van der Waals surface area contributed by atoms with E-state index in [9.17, 15) is 9.59 Å². The lowest BCUT2D eigenvalue weighted by Gasteiger charge is -2.23. The Morgan fingerprint density at radius 3 is 1.97 bits per heavy atom. The molecule has 2 atom stereocenters. The molecule has 0 fully saturated rings. The van der Waals surface area contributed by atoms with Gasteiger partial charge in [-0.3, -0.25) is 9.59 Å². The summed E-state index contributed by atoms with van der Waals surface area (Å²) in [4.78, 5) is 25.9. The maximum Gasteiger partial charge on any atom is 0.253 e. The molecular formula is C25H35N3O2. The quantitative estimate of drug-likeness (QED) is 0.624. The highest BCUT2D eigenvalue weighted by molar-refractivity contribution is 5.96. The molecule has 0 radical (unpaired) electrons. The molecule has 2 amide bonds. The molecule has 0 aliphatic carbocycles. The molecule has 0 aliphatic heterocycles. The average Bonchev–Trinajstić information content (AvgIpc) is 2.73. The largest absolute Gasteiger partial charge is 0.345 e. The van der Waals surface area contributed by atoms with Gasteiger partial charge in [0.15, 0.2) is 0 Å². The molecule has 0 bridgehead atoms. The van der Waals surface area contributed by atoms with E-state index < -0.39 is 0 Å². The smallest absolute Gasteiger partial charge is 0.253 e. The number of nitrogens with zero attached hydrogens (tertiary/aromatic N) is 1. The van der Waals surface area contributed by atoms with E-state index in [1.54, 1.807) is 38.4 Å². The van der Waals surface area contributed by atoms with Crippen molar-refractivity contribution in [3.63, 3.8) is 0 Å². The fourth-order valence-electron chi connectivity index (χ4n) is 3.37. The summed E-state index contributed by atoms with van der Waals surface area (Å²) < 4.78 is 0. The third-order valence-corrected chi connectivity index (χ3v) is 5.45. The Balaban J connectivity index is 1.96. The van der Waals surface area contributed by atoms with Crippen LogP contribution in [0.25, 0.3) is 0 Å². The summed E-state index contributed by atoms with van der Waals surface area (Å²) in [7, 11) is 3.43. The van der Waals surface area contributed by atoms with E-state index in [0.29, 0.717) is 23.1 Å². The van der Waals surface area contributed by atoms with E-state index in [2.05, 4.69) is 62.6 Å². The Morgan fingerprint density at radius 2 is 1.47 bits per heavy atom. The zero-order valence-corrected chi connectivity index (χ0v) is 19.0. The molecule has 0 spiro atoms. The van der Waals surface area contributed by atoms with Crippen LogP contribution in [0.1, 0.15) is 67.6 Å². The van der Waals surface area contributed by atoms with Crippen LogP contribution in [0.15, 0.2) is 48.5 Å². The summed E-state index contributed by atoms with van der Waals surface area (Å²) in [5.74, 6) is 0.732. The molecule has 0 saturated heterocycles. The van der Waals surface area contributed by atoms with E-state index in [4.69, 9.17) is 0 Å². The third-order valence-electron chi connectivity index (χ3n) is 5.45. The highest BCUT2D eigenvalue weighted by atomic mass is 16.2. The van der Waals surface area contributed by atoms with E-state index in [0.717, 1.165) is 6.42 Å². The van der Waals surface area contributed by atoms with Gasteiger partial charge in [-0.25, -0.2) is 0 Å². The molecule has 5 nitrogen and oxygen atoms in total. The van der Waals surface area contributed by atoms with Crippen molar-refractivity contribution < 1.29 is 9.59 Å². The minimum absolute atomic E-state index is 0.0614. The first-order valence-corrected chi connectivity index (χ1v) is 10.7. The fraction of sp³-hybridized carbons (Fsp3) is 0.440. The summed E-state index contributed by atoms with van der Waals surface area (Å²) in [6.45, 7) is 8.95. The molecule has 162 valence electrons. The van der Waals surface area contributed by atoms with Gasteiger partial charge >= 0.3 is 0 Å². The number of amides is 2. The van der Waals surface area contributed by atoms with Crippen molar-refractivity contribution in [2.45, 2.75) is 46.1 Å². The third kappa shape index (κ3) is 6.42. The number of anilines is 1. The van der Waals surface area contributed by atoms with E-state index in [-0.39, 0.29) is 24.4 Å². The molecule has 0 aliphatic rings. The molecule has 0 unspecified atom stereocenters. The molecule has 0 saturated carbocycles. The molecule has 2 N–H and O–H groups in total. The first kappa shape index (κ1) is 23.6. The minimum atomic E-state index is -0.108. The average molecular weight is 410 g/mol. The number of carbonyl (C=O) groups excluding carboxylic acids is 2. The number of hydrogen-bond acceptors (Lipinski definition) is 3. The summed E-state index contributed by atoms with van der Waals surface area (Å²) in [5, 5.41) is 6.28. The zero-order chi connectivity index (χ0) is 22.3. The lowest BCUT2D eigenvalue weighted by Crippen LogP contribution is -2.33. The summed E-state index contributed by atoms with van der Waals surface area (Å²) in [5.41, 5.74) is 3.81. The number of nitrogens with one attached hydrogen (secondary N) is 2. The topological polar surface area (TPSA) is 61.4 Å². The summed E-state index contributed by atoms with van der Waals surface area (Å²) >= 11 is 0. The van der Waals surface area contributed by atoms with Crippen LogP contribution in [0, 0.1) is 5.92 Å². The monoisotopic (exact) mass is 409 g/mol. The van der Waals surface area contributed by atoms with Crippen LogP contribution in [0.3, 0.4) is 0 Å². The van der Waals surface area contributed by atoms with Gasteiger partial charge in [-0.2, -0.15) is 0 Å². The van der Waals surface area contributed by atoms with Crippen molar-refractivity contribution in [3.05, 3.63) is 65.2 Å².